The largest absolute Gasteiger partial charge is 0.419 e. The minimum Gasteiger partial charge on any atom is -0.419 e. The summed E-state index contributed by atoms with van der Waals surface area (Å²) < 4.78 is 5.53. The molecule has 0 saturated heterocycles. The molecule has 0 spiro atoms. The zero-order valence-electron chi connectivity index (χ0n) is 15.4. The zero-order chi connectivity index (χ0) is 19.8. The molecule has 0 radical (unpaired) electrons. The predicted octanol–water partition coefficient (Wildman–Crippen LogP) is 4.28. The Labute approximate surface area is 167 Å². The van der Waals surface area contributed by atoms with Crippen LogP contribution in [0.15, 0.2) is 91.3 Å². The maximum Gasteiger partial charge on any atom is 0.402 e. The van der Waals surface area contributed by atoms with Gasteiger partial charge in [0.1, 0.15) is 5.75 Å². The molecule has 3 aromatic carbocycles. The molecular formula is C24H16N2O3. The van der Waals surface area contributed by atoms with Gasteiger partial charge >= 0.3 is 11.9 Å². The maximum absolute atomic E-state index is 13.2. The number of esters is 1. The van der Waals surface area contributed by atoms with Crippen molar-refractivity contribution in [3.05, 3.63) is 102 Å². The van der Waals surface area contributed by atoms with Crippen molar-refractivity contribution in [2.45, 2.75) is 6.04 Å². The molecule has 29 heavy (non-hydrogen) atoms. The van der Waals surface area contributed by atoms with E-state index in [9.17, 15) is 9.59 Å². The van der Waals surface area contributed by atoms with E-state index in [0.717, 1.165) is 21.9 Å². The van der Waals surface area contributed by atoms with Gasteiger partial charge in [0.05, 0.1) is 17.9 Å². The Hall–Kier alpha value is -3.99. The fourth-order valence-electron chi connectivity index (χ4n) is 3.85. The van der Waals surface area contributed by atoms with Crippen molar-refractivity contribution in [3.63, 3.8) is 0 Å². The number of amides is 1. The van der Waals surface area contributed by atoms with Crippen LogP contribution in [-0.4, -0.2) is 16.9 Å². The number of rotatable bonds is 2. The normalized spacial score (nSPS) is 16.3. The summed E-state index contributed by atoms with van der Waals surface area (Å²) in [6, 6.07) is 24.1. The minimum atomic E-state index is -0.913. The van der Waals surface area contributed by atoms with Crippen molar-refractivity contribution in [3.8, 4) is 5.75 Å². The van der Waals surface area contributed by atoms with Crippen LogP contribution >= 0.6 is 0 Å². The molecule has 1 aromatic heterocycles. The smallest absolute Gasteiger partial charge is 0.402 e. The lowest BCUT2D eigenvalue weighted by Crippen LogP contribution is -2.39. The van der Waals surface area contributed by atoms with E-state index in [0.29, 0.717) is 11.4 Å². The van der Waals surface area contributed by atoms with Gasteiger partial charge < -0.3 is 4.74 Å². The van der Waals surface area contributed by atoms with Gasteiger partial charge in [0.2, 0.25) is 0 Å². The van der Waals surface area contributed by atoms with Crippen LogP contribution in [0.3, 0.4) is 0 Å². The van der Waals surface area contributed by atoms with E-state index in [2.05, 4.69) is 4.98 Å². The Kier molecular flexibility index (Phi) is 4.06. The number of fused-ring (bicyclic) bond motifs is 3. The average molecular weight is 380 g/mol. The summed E-state index contributed by atoms with van der Waals surface area (Å²) in [5.41, 5.74) is 2.18. The van der Waals surface area contributed by atoms with Gasteiger partial charge in [-0.15, -0.1) is 0 Å². The second-order valence-corrected chi connectivity index (χ2v) is 6.79. The van der Waals surface area contributed by atoms with Crippen molar-refractivity contribution in [1.82, 2.24) is 4.98 Å². The lowest BCUT2D eigenvalue weighted by molar-refractivity contribution is -0.146. The first-order chi connectivity index (χ1) is 14.2. The molecule has 0 saturated carbocycles. The van der Waals surface area contributed by atoms with Crippen LogP contribution in [0.5, 0.6) is 5.75 Å². The van der Waals surface area contributed by atoms with E-state index in [1.54, 1.807) is 30.6 Å². The minimum absolute atomic E-state index is 0.391. The number of anilines is 1. The molecule has 0 fully saturated rings. The summed E-state index contributed by atoms with van der Waals surface area (Å²) in [6.45, 7) is 0. The Morgan fingerprint density at radius 2 is 1.62 bits per heavy atom. The number of benzene rings is 3. The van der Waals surface area contributed by atoms with Crippen LogP contribution in [-0.2, 0) is 9.59 Å². The van der Waals surface area contributed by atoms with Crippen molar-refractivity contribution in [1.29, 1.82) is 0 Å². The van der Waals surface area contributed by atoms with E-state index < -0.39 is 17.9 Å². The molecule has 0 bridgehead atoms. The van der Waals surface area contributed by atoms with Gasteiger partial charge in [-0.05, 0) is 34.5 Å². The summed E-state index contributed by atoms with van der Waals surface area (Å²) >= 11 is 0. The first-order valence-electron chi connectivity index (χ1n) is 9.26. The van der Waals surface area contributed by atoms with Crippen molar-refractivity contribution < 1.29 is 14.3 Å². The first kappa shape index (κ1) is 17.1. The summed E-state index contributed by atoms with van der Waals surface area (Å²) in [6.07, 6.45) is 3.21. The first-order valence-corrected chi connectivity index (χ1v) is 9.26. The maximum atomic E-state index is 13.2. The summed E-state index contributed by atoms with van der Waals surface area (Å²) in [7, 11) is 0. The highest BCUT2D eigenvalue weighted by Gasteiger charge is 2.39. The van der Waals surface area contributed by atoms with Gasteiger partial charge in [-0.25, -0.2) is 4.79 Å². The fraction of sp³-hybridized carbons (Fsp3) is 0.0417. The number of pyridine rings is 1. The Morgan fingerprint density at radius 1 is 0.828 bits per heavy atom. The Morgan fingerprint density at radius 3 is 2.41 bits per heavy atom. The van der Waals surface area contributed by atoms with Crippen molar-refractivity contribution >= 4 is 28.3 Å². The van der Waals surface area contributed by atoms with Crippen LogP contribution in [0.4, 0.5) is 5.69 Å². The third-order valence-electron chi connectivity index (χ3n) is 5.10. The van der Waals surface area contributed by atoms with Crippen LogP contribution in [0.2, 0.25) is 0 Å². The lowest BCUT2D eigenvalue weighted by Gasteiger charge is -2.30. The van der Waals surface area contributed by atoms with E-state index >= 15 is 0 Å². The summed E-state index contributed by atoms with van der Waals surface area (Å²) in [5, 5.41) is 1.93. The summed E-state index contributed by atoms with van der Waals surface area (Å²) in [4.78, 5) is 31.4. The molecule has 1 atom stereocenters. The molecule has 0 N–H and O–H groups in total. The third kappa shape index (κ3) is 2.84. The van der Waals surface area contributed by atoms with Crippen LogP contribution in [0.1, 0.15) is 17.2 Å². The van der Waals surface area contributed by atoms with Gasteiger partial charge in [0.25, 0.3) is 0 Å². The molecule has 0 aliphatic carbocycles. The number of hydrogen-bond acceptors (Lipinski definition) is 4. The molecular weight excluding hydrogens is 364 g/mol. The van der Waals surface area contributed by atoms with Gasteiger partial charge in [0.15, 0.2) is 0 Å². The fourth-order valence-corrected chi connectivity index (χ4v) is 3.85. The number of aromatic nitrogens is 1. The second kappa shape index (κ2) is 6.87. The molecule has 5 heteroatoms. The predicted molar refractivity (Wildman–Crippen MR) is 110 cm³/mol. The van der Waals surface area contributed by atoms with E-state index in [1.165, 1.54) is 4.90 Å². The van der Waals surface area contributed by atoms with E-state index in [4.69, 9.17) is 4.74 Å². The molecule has 1 amide bonds. The van der Waals surface area contributed by atoms with Crippen LogP contribution in [0.25, 0.3) is 10.8 Å². The molecule has 1 unspecified atom stereocenters. The number of carbonyl (C=O) groups is 2. The monoisotopic (exact) mass is 380 g/mol. The zero-order valence-corrected chi connectivity index (χ0v) is 15.4. The molecule has 1 aliphatic rings. The topological polar surface area (TPSA) is 59.5 Å². The highest BCUT2D eigenvalue weighted by atomic mass is 16.5. The summed E-state index contributed by atoms with van der Waals surface area (Å²) in [5.74, 6) is -1.25. The third-order valence-corrected chi connectivity index (χ3v) is 5.10. The molecule has 2 heterocycles. The second-order valence-electron chi connectivity index (χ2n) is 6.79. The van der Waals surface area contributed by atoms with Crippen molar-refractivity contribution in [2.75, 3.05) is 4.90 Å². The van der Waals surface area contributed by atoms with Gasteiger partial charge in [-0.2, -0.15) is 0 Å². The Bertz CT molecular complexity index is 1220. The molecule has 140 valence electrons. The quantitative estimate of drug-likeness (QED) is 0.296. The van der Waals surface area contributed by atoms with E-state index in [1.807, 2.05) is 60.7 Å². The SMILES string of the molecule is O=C1Oc2ccc3ccccc3c2C(c2ccccc2)N(c2cccnc2)C1=O. The average Bonchev–Trinajstić information content (AvgIpc) is 2.89. The highest BCUT2D eigenvalue weighted by molar-refractivity contribution is 6.39. The van der Waals surface area contributed by atoms with Crippen molar-refractivity contribution in [2.24, 2.45) is 0 Å². The number of ether oxygens (including phenoxy) is 1. The number of carbonyl (C=O) groups excluding carboxylic acids is 2. The highest BCUT2D eigenvalue weighted by Crippen LogP contribution is 2.43. The molecule has 4 aromatic rings. The molecule has 1 aliphatic heterocycles. The number of hydrogen-bond donors (Lipinski definition) is 0. The van der Waals surface area contributed by atoms with E-state index in [-0.39, 0.29) is 0 Å². The van der Waals surface area contributed by atoms with Crippen LogP contribution in [0, 0.1) is 0 Å². The number of nitrogens with zero attached hydrogens (tertiary/aromatic N) is 2. The lowest BCUT2D eigenvalue weighted by atomic mass is 9.91. The molecule has 5 rings (SSSR count). The van der Waals surface area contributed by atoms with Gasteiger partial charge in [0, 0.05) is 11.8 Å². The standard InChI is InChI=1S/C24H16N2O3/c27-23-24(28)29-20-13-12-16-7-4-5-11-19(16)21(20)22(17-8-2-1-3-9-17)26(23)18-10-6-14-25-15-18/h1-15,22H. The molecule has 5 nitrogen and oxygen atoms in total. The van der Waals surface area contributed by atoms with Gasteiger partial charge in [-0.1, -0.05) is 60.7 Å². The van der Waals surface area contributed by atoms with Gasteiger partial charge in [-0.3, -0.25) is 14.7 Å². The van der Waals surface area contributed by atoms with Crippen LogP contribution < -0.4 is 9.64 Å². The Balaban J connectivity index is 1.87.